The number of aromatic nitrogens is 3. The lowest BCUT2D eigenvalue weighted by Crippen LogP contribution is -2.38. The maximum absolute atomic E-state index is 6.23. The number of fused-ring (bicyclic) bond motifs is 2. The summed E-state index contributed by atoms with van der Waals surface area (Å²) in [6.45, 7) is 7.03. The standard InChI is InChI=1S/C30H29ClN6O/c1-21-24(6-4-12-32-21)34-27-19-28-30(20-26(27)33-13-14-36-15-17-38-18-16-36)37(23-10-8-22(31)9-11-23)29-7-3-2-5-25(29)35-28/h2-12,19-20,34H,13-18H2,1H3. The van der Waals surface area contributed by atoms with Gasteiger partial charge in [0, 0.05) is 36.5 Å². The second-order valence-corrected chi connectivity index (χ2v) is 9.80. The first-order chi connectivity index (χ1) is 18.7. The Morgan fingerprint density at radius 1 is 0.974 bits per heavy atom. The monoisotopic (exact) mass is 524 g/mol. The van der Waals surface area contributed by atoms with Crippen molar-refractivity contribution in [2.45, 2.75) is 6.92 Å². The SMILES string of the molecule is Cc1ncccc1Nc1cc2nc3ccccc3n(-c3ccc(Cl)cc3)c-2cc1=NCCN1CCOCC1. The minimum absolute atomic E-state index is 0.689. The summed E-state index contributed by atoms with van der Waals surface area (Å²) in [7, 11) is 0. The molecule has 0 radical (unpaired) electrons. The van der Waals surface area contributed by atoms with Crippen LogP contribution < -0.4 is 10.7 Å². The van der Waals surface area contributed by atoms with Gasteiger partial charge in [0.1, 0.15) is 0 Å². The lowest BCUT2D eigenvalue weighted by Gasteiger charge is -2.25. The zero-order chi connectivity index (χ0) is 25.9. The number of pyridine rings is 1. The Kier molecular flexibility index (Phi) is 7.05. The van der Waals surface area contributed by atoms with Gasteiger partial charge in [0.25, 0.3) is 0 Å². The number of ether oxygens (including phenoxy) is 1. The fraction of sp³-hybridized carbons (Fsp3) is 0.233. The van der Waals surface area contributed by atoms with Crippen molar-refractivity contribution in [1.29, 1.82) is 0 Å². The Balaban J connectivity index is 1.53. The molecule has 38 heavy (non-hydrogen) atoms. The molecule has 0 bridgehead atoms. The second kappa shape index (κ2) is 10.9. The molecule has 1 aliphatic carbocycles. The number of nitrogens with zero attached hydrogens (tertiary/aromatic N) is 5. The van der Waals surface area contributed by atoms with Crippen LogP contribution >= 0.6 is 11.6 Å². The fourth-order valence-electron chi connectivity index (χ4n) is 4.84. The summed E-state index contributed by atoms with van der Waals surface area (Å²) in [5.41, 5.74) is 7.57. The highest BCUT2D eigenvalue weighted by Crippen LogP contribution is 2.31. The topological polar surface area (TPSA) is 67.6 Å². The molecule has 0 spiro atoms. The molecule has 3 aromatic rings. The Morgan fingerprint density at radius 2 is 1.79 bits per heavy atom. The number of morpholine rings is 1. The summed E-state index contributed by atoms with van der Waals surface area (Å²) in [4.78, 5) is 17.0. The van der Waals surface area contributed by atoms with Crippen LogP contribution in [0.2, 0.25) is 5.02 Å². The van der Waals surface area contributed by atoms with Crippen LogP contribution in [0.5, 0.6) is 0 Å². The molecule has 192 valence electrons. The number of anilines is 2. The van der Waals surface area contributed by atoms with E-state index in [0.29, 0.717) is 11.6 Å². The first-order valence-corrected chi connectivity index (χ1v) is 13.2. The van der Waals surface area contributed by atoms with Crippen molar-refractivity contribution in [3.05, 3.63) is 95.1 Å². The van der Waals surface area contributed by atoms with Crippen LogP contribution in [0.3, 0.4) is 0 Å². The van der Waals surface area contributed by atoms with Crippen LogP contribution in [0.1, 0.15) is 5.69 Å². The summed E-state index contributed by atoms with van der Waals surface area (Å²) in [6.07, 6.45) is 1.80. The molecular formula is C30H29ClN6O. The first kappa shape index (κ1) is 24.6. The van der Waals surface area contributed by atoms with Crippen LogP contribution in [-0.4, -0.2) is 58.8 Å². The van der Waals surface area contributed by atoms with Gasteiger partial charge in [-0.05, 0) is 67.6 Å². The predicted octanol–water partition coefficient (Wildman–Crippen LogP) is 5.46. The molecule has 3 heterocycles. The molecule has 7 nitrogen and oxygen atoms in total. The van der Waals surface area contributed by atoms with E-state index in [1.165, 1.54) is 0 Å². The molecule has 0 saturated carbocycles. The molecule has 3 aliphatic rings. The molecule has 1 fully saturated rings. The quantitative estimate of drug-likeness (QED) is 0.299. The normalized spacial score (nSPS) is 14.8. The summed E-state index contributed by atoms with van der Waals surface area (Å²) in [6, 6.07) is 24.3. The molecule has 1 N–H and O–H groups in total. The van der Waals surface area contributed by atoms with Gasteiger partial charge in [-0.3, -0.25) is 14.9 Å². The molecule has 6 rings (SSSR count). The maximum atomic E-state index is 6.23. The van der Waals surface area contributed by atoms with Gasteiger partial charge in [0.2, 0.25) is 0 Å². The van der Waals surface area contributed by atoms with Gasteiger partial charge in [0.15, 0.2) is 0 Å². The average Bonchev–Trinajstić information content (AvgIpc) is 2.94. The van der Waals surface area contributed by atoms with Crippen molar-refractivity contribution in [2.75, 3.05) is 44.7 Å². The fourth-order valence-corrected chi connectivity index (χ4v) is 4.97. The van der Waals surface area contributed by atoms with E-state index in [-0.39, 0.29) is 0 Å². The number of para-hydroxylation sites is 2. The molecule has 2 aromatic carbocycles. The lowest BCUT2D eigenvalue weighted by atomic mass is 10.1. The third-order valence-corrected chi connectivity index (χ3v) is 7.11. The average molecular weight is 525 g/mol. The van der Waals surface area contributed by atoms with Crippen LogP contribution in [0, 0.1) is 6.92 Å². The number of hydrogen-bond donors (Lipinski definition) is 1. The third kappa shape index (κ3) is 5.13. The molecule has 1 saturated heterocycles. The summed E-state index contributed by atoms with van der Waals surface area (Å²) in [5, 5.41) is 5.17. The van der Waals surface area contributed by atoms with E-state index in [2.05, 4.69) is 38.0 Å². The van der Waals surface area contributed by atoms with Gasteiger partial charge in [-0.1, -0.05) is 23.7 Å². The molecule has 0 amide bonds. The predicted molar refractivity (Wildman–Crippen MR) is 153 cm³/mol. The Hall–Kier alpha value is -3.78. The highest BCUT2D eigenvalue weighted by molar-refractivity contribution is 6.30. The van der Waals surface area contributed by atoms with E-state index in [9.17, 15) is 0 Å². The van der Waals surface area contributed by atoms with Crippen molar-refractivity contribution in [1.82, 2.24) is 19.4 Å². The first-order valence-electron chi connectivity index (χ1n) is 12.9. The number of nitrogens with one attached hydrogen (secondary N) is 1. The van der Waals surface area contributed by atoms with Crippen LogP contribution in [0.4, 0.5) is 11.4 Å². The molecule has 2 aliphatic heterocycles. The highest BCUT2D eigenvalue weighted by atomic mass is 35.5. The third-order valence-electron chi connectivity index (χ3n) is 6.86. The van der Waals surface area contributed by atoms with Gasteiger partial charge in [-0.15, -0.1) is 0 Å². The number of aryl methyl sites for hydroxylation is 1. The highest BCUT2D eigenvalue weighted by Gasteiger charge is 2.17. The zero-order valence-corrected chi connectivity index (χ0v) is 22.0. The van der Waals surface area contributed by atoms with Crippen LogP contribution in [0.15, 0.2) is 84.0 Å². The molecule has 0 unspecified atom stereocenters. The van der Waals surface area contributed by atoms with Gasteiger partial charge >= 0.3 is 0 Å². The van der Waals surface area contributed by atoms with Crippen molar-refractivity contribution in [2.24, 2.45) is 4.99 Å². The largest absolute Gasteiger partial charge is 0.379 e. The van der Waals surface area contributed by atoms with Crippen molar-refractivity contribution >= 4 is 34.0 Å². The van der Waals surface area contributed by atoms with Crippen molar-refractivity contribution in [3.8, 4) is 17.1 Å². The smallest absolute Gasteiger partial charge is 0.0900 e. The molecule has 8 heteroatoms. The number of hydrogen-bond acceptors (Lipinski definition) is 6. The van der Waals surface area contributed by atoms with E-state index >= 15 is 0 Å². The van der Waals surface area contributed by atoms with Gasteiger partial charge in [-0.2, -0.15) is 0 Å². The lowest BCUT2D eigenvalue weighted by molar-refractivity contribution is 0.0394. The van der Waals surface area contributed by atoms with Gasteiger partial charge in [0.05, 0.1) is 64.6 Å². The summed E-state index contributed by atoms with van der Waals surface area (Å²) in [5.74, 6) is 0. The minimum Gasteiger partial charge on any atom is -0.379 e. The molecule has 1 aromatic heterocycles. The minimum atomic E-state index is 0.689. The van der Waals surface area contributed by atoms with Gasteiger partial charge in [-0.25, -0.2) is 4.98 Å². The number of halogens is 1. The second-order valence-electron chi connectivity index (χ2n) is 9.37. The maximum Gasteiger partial charge on any atom is 0.0900 e. The molecular weight excluding hydrogens is 496 g/mol. The van der Waals surface area contributed by atoms with E-state index in [0.717, 1.165) is 83.4 Å². The number of rotatable bonds is 6. The Labute approximate surface area is 226 Å². The Morgan fingerprint density at radius 3 is 2.61 bits per heavy atom. The summed E-state index contributed by atoms with van der Waals surface area (Å²) >= 11 is 6.23. The van der Waals surface area contributed by atoms with E-state index in [1.807, 2.05) is 61.5 Å². The zero-order valence-electron chi connectivity index (χ0n) is 21.3. The van der Waals surface area contributed by atoms with Crippen molar-refractivity contribution < 1.29 is 4.74 Å². The number of benzene rings is 3. The van der Waals surface area contributed by atoms with Crippen LogP contribution in [0.25, 0.3) is 28.1 Å². The van der Waals surface area contributed by atoms with Crippen LogP contribution in [-0.2, 0) is 4.74 Å². The van der Waals surface area contributed by atoms with E-state index in [1.54, 1.807) is 6.20 Å². The summed E-state index contributed by atoms with van der Waals surface area (Å²) < 4.78 is 7.73. The Bertz CT molecular complexity index is 1610. The van der Waals surface area contributed by atoms with E-state index in [4.69, 9.17) is 26.3 Å². The van der Waals surface area contributed by atoms with Gasteiger partial charge < -0.3 is 14.6 Å². The van der Waals surface area contributed by atoms with Crippen molar-refractivity contribution in [3.63, 3.8) is 0 Å². The van der Waals surface area contributed by atoms with E-state index < -0.39 is 0 Å². The molecule has 0 atom stereocenters.